The first-order chi connectivity index (χ1) is 55.2. The predicted octanol–water partition coefficient (Wildman–Crippen LogP) is 15.9. The van der Waals surface area contributed by atoms with Crippen LogP contribution in [0, 0.1) is 0 Å². The average Bonchev–Trinajstić information content (AvgIpc) is 0.755. The van der Waals surface area contributed by atoms with E-state index >= 15 is 0 Å². The number of aliphatic hydroxyl groups excluding tert-OH is 9. The molecule has 25 nitrogen and oxygen atoms in total. The minimum absolute atomic E-state index is 0.00893. The zero-order chi connectivity index (χ0) is 83.2. The van der Waals surface area contributed by atoms with E-state index < -0.39 is 162 Å². The fourth-order valence-electron chi connectivity index (χ4n) is 14.6. The van der Waals surface area contributed by atoms with E-state index in [1.54, 1.807) is 0 Å². The average molecular weight is 1650 g/mol. The Morgan fingerprint density at radius 3 is 1.05 bits per heavy atom. The van der Waals surface area contributed by atoms with E-state index in [0.29, 0.717) is 38.5 Å². The van der Waals surface area contributed by atoms with Crippen LogP contribution in [-0.4, -0.2) is 205 Å². The van der Waals surface area contributed by atoms with Gasteiger partial charge in [-0.05, 0) is 103 Å². The molecule has 0 aromatic rings. The van der Waals surface area contributed by atoms with Crippen molar-refractivity contribution in [3.8, 4) is 0 Å². The number of unbranched alkanes of at least 4 members (excludes halogenated alkanes) is 42. The van der Waals surface area contributed by atoms with Crippen molar-refractivity contribution in [3.05, 3.63) is 36.5 Å². The summed E-state index contributed by atoms with van der Waals surface area (Å²) in [4.78, 5) is 66.3. The van der Waals surface area contributed by atoms with Crippen molar-refractivity contribution in [1.29, 1.82) is 0 Å². The number of phosphoric ester groups is 1. The molecular weight excluding hydrogens is 1490 g/mol. The maximum Gasteiger partial charge on any atom is 0.472 e. The van der Waals surface area contributed by atoms with Gasteiger partial charge in [-0.15, -0.1) is 0 Å². The number of hydrogen-bond donors (Lipinski definition) is 10. The molecule has 114 heavy (non-hydrogen) atoms. The zero-order valence-corrected chi connectivity index (χ0v) is 71.5. The van der Waals surface area contributed by atoms with Crippen LogP contribution in [-0.2, 0) is 70.7 Å². The molecule has 0 bridgehead atoms. The van der Waals surface area contributed by atoms with E-state index in [1.807, 2.05) is 0 Å². The molecule has 1 saturated carbocycles. The first-order valence-corrected chi connectivity index (χ1v) is 46.7. The molecule has 2 saturated heterocycles. The summed E-state index contributed by atoms with van der Waals surface area (Å²) in [5.74, 6) is -3.02. The standard InChI is InChI=1S/C88H159O25P/c1-5-9-13-17-21-25-29-33-34-35-39-43-46-50-54-58-62-73(92)107-68(65-104-71(90)60-56-52-48-44-40-36-30-26-22-18-14-10-6-2)66-106-114(102,103)113-86-84(111-87-81(100)77(96)75(94)69(64-89)108-87)80(99)79(98)83(110-74(93)63-59-55-51-47-42-38-32-28-24-20-16-12-8-4)85(86)112-88-82(101)78(97)76(95)70(109-88)67-105-72(91)61-57-53-49-45-41-37-31-27-23-19-15-11-7-3/h36-38,40-42,68-70,75-89,94-101H,5-35,39,43-67H2,1-4H3,(H,102,103)/b40-36-,41-37-,42-38-. The third kappa shape index (κ3) is 47.6. The van der Waals surface area contributed by atoms with Crippen molar-refractivity contribution in [2.75, 3.05) is 26.4 Å². The Balaban J connectivity index is 1.94. The highest BCUT2D eigenvalue weighted by molar-refractivity contribution is 7.47. The maximum atomic E-state index is 14.9. The Morgan fingerprint density at radius 1 is 0.342 bits per heavy atom. The normalized spacial score (nSPS) is 25.5. The lowest BCUT2D eigenvalue weighted by Gasteiger charge is -2.50. The second kappa shape index (κ2) is 67.4. The van der Waals surface area contributed by atoms with Gasteiger partial charge >= 0.3 is 31.7 Å². The summed E-state index contributed by atoms with van der Waals surface area (Å²) >= 11 is 0. The predicted molar refractivity (Wildman–Crippen MR) is 439 cm³/mol. The molecule has 0 spiro atoms. The van der Waals surface area contributed by atoms with Crippen molar-refractivity contribution in [1.82, 2.24) is 0 Å². The van der Waals surface area contributed by atoms with E-state index in [4.69, 9.17) is 46.9 Å². The molecule has 18 atom stereocenters. The molecule has 666 valence electrons. The molecule has 0 radical (unpaired) electrons. The van der Waals surface area contributed by atoms with E-state index in [1.165, 1.54) is 154 Å². The molecule has 2 aliphatic heterocycles. The molecule has 3 aliphatic rings. The first-order valence-electron chi connectivity index (χ1n) is 45.2. The lowest BCUT2D eigenvalue weighted by molar-refractivity contribution is -0.360. The summed E-state index contributed by atoms with van der Waals surface area (Å²) in [7, 11) is -5.81. The van der Waals surface area contributed by atoms with Crippen molar-refractivity contribution in [3.63, 3.8) is 0 Å². The van der Waals surface area contributed by atoms with Crippen LogP contribution in [0.1, 0.15) is 368 Å². The van der Waals surface area contributed by atoms with Crippen molar-refractivity contribution in [2.24, 2.45) is 0 Å². The number of carbonyl (C=O) groups is 4. The number of aliphatic hydroxyl groups is 9. The van der Waals surface area contributed by atoms with Crippen LogP contribution in [0.25, 0.3) is 0 Å². The highest BCUT2D eigenvalue weighted by Crippen LogP contribution is 2.49. The van der Waals surface area contributed by atoms with Gasteiger partial charge in [0, 0.05) is 25.7 Å². The minimum atomic E-state index is -5.81. The van der Waals surface area contributed by atoms with Crippen LogP contribution in [0.2, 0.25) is 0 Å². The van der Waals surface area contributed by atoms with Crippen LogP contribution in [0.4, 0.5) is 0 Å². The van der Waals surface area contributed by atoms with Crippen LogP contribution < -0.4 is 0 Å². The summed E-state index contributed by atoms with van der Waals surface area (Å²) < 4.78 is 73.2. The van der Waals surface area contributed by atoms with Crippen molar-refractivity contribution >= 4 is 31.7 Å². The Bertz CT molecular complexity index is 2520. The maximum absolute atomic E-state index is 14.9. The van der Waals surface area contributed by atoms with Gasteiger partial charge in [-0.1, -0.05) is 276 Å². The van der Waals surface area contributed by atoms with Crippen molar-refractivity contribution in [2.45, 2.75) is 472 Å². The smallest absolute Gasteiger partial charge is 0.463 e. The molecule has 1 aliphatic carbocycles. The van der Waals surface area contributed by atoms with Crippen LogP contribution >= 0.6 is 7.82 Å². The first kappa shape index (κ1) is 105. The van der Waals surface area contributed by atoms with Gasteiger partial charge in [0.05, 0.1) is 13.2 Å². The van der Waals surface area contributed by atoms with E-state index in [-0.39, 0.29) is 32.1 Å². The molecule has 10 N–H and O–H groups in total. The molecular formula is C88H159O25P. The molecule has 3 fully saturated rings. The molecule has 18 unspecified atom stereocenters. The van der Waals surface area contributed by atoms with E-state index in [0.717, 1.165) is 116 Å². The third-order valence-electron chi connectivity index (χ3n) is 21.8. The topological polar surface area (TPSA) is 380 Å². The van der Waals surface area contributed by atoms with Gasteiger partial charge in [-0.2, -0.15) is 0 Å². The number of esters is 4. The van der Waals surface area contributed by atoms with Gasteiger partial charge < -0.3 is 88.7 Å². The number of ether oxygens (including phenoxy) is 8. The van der Waals surface area contributed by atoms with Gasteiger partial charge in [0.25, 0.3) is 0 Å². The van der Waals surface area contributed by atoms with Crippen molar-refractivity contribution < 1.29 is 122 Å². The zero-order valence-electron chi connectivity index (χ0n) is 70.6. The van der Waals surface area contributed by atoms with Crippen LogP contribution in [0.15, 0.2) is 36.5 Å². The van der Waals surface area contributed by atoms with Gasteiger partial charge in [0.1, 0.15) is 92.6 Å². The van der Waals surface area contributed by atoms with Gasteiger partial charge in [0.2, 0.25) is 0 Å². The lowest BCUT2D eigenvalue weighted by Crippen LogP contribution is -2.70. The largest absolute Gasteiger partial charge is 0.472 e. The van der Waals surface area contributed by atoms with E-state index in [2.05, 4.69) is 64.2 Å². The second-order valence-electron chi connectivity index (χ2n) is 32.1. The van der Waals surface area contributed by atoms with Crippen LogP contribution in [0.3, 0.4) is 0 Å². The van der Waals surface area contributed by atoms with Gasteiger partial charge in [-0.3, -0.25) is 28.2 Å². The fraction of sp³-hybridized carbons (Fsp3) is 0.886. The Labute approximate surface area is 685 Å². The monoisotopic (exact) mass is 1650 g/mol. The lowest BCUT2D eigenvalue weighted by atomic mass is 9.84. The Hall–Kier alpha value is -3.31. The fourth-order valence-corrected chi connectivity index (χ4v) is 15.6. The molecule has 0 aromatic carbocycles. The summed E-state index contributed by atoms with van der Waals surface area (Å²) in [6.07, 6.45) is 27.5. The summed E-state index contributed by atoms with van der Waals surface area (Å²) in [5, 5.41) is 102. The Kier molecular flexibility index (Phi) is 62.0. The number of phosphoric acid groups is 1. The Morgan fingerprint density at radius 2 is 0.658 bits per heavy atom. The number of rotatable bonds is 72. The van der Waals surface area contributed by atoms with Crippen LogP contribution in [0.5, 0.6) is 0 Å². The quantitative estimate of drug-likeness (QED) is 0.00889. The minimum Gasteiger partial charge on any atom is -0.463 e. The molecule has 0 aromatic heterocycles. The van der Waals surface area contributed by atoms with E-state index in [9.17, 15) is 74.6 Å². The molecule has 0 amide bonds. The summed E-state index contributed by atoms with van der Waals surface area (Å²) in [6, 6.07) is 0. The molecule has 2 heterocycles. The second-order valence-corrected chi connectivity index (χ2v) is 33.5. The molecule has 26 heteroatoms. The van der Waals surface area contributed by atoms with Gasteiger partial charge in [-0.25, -0.2) is 4.57 Å². The highest BCUT2D eigenvalue weighted by atomic mass is 31.2. The molecule has 3 rings (SSSR count). The SMILES string of the molecule is CCCCCCCC/C=C\CCCCCC(=O)OCC(COP(=O)(O)OC1C(OC2OC(CO)C(O)C(O)C2O)C(O)C(O)C(OC(=O)CCCCC/C=C\CCCCCCCC)C1OC1OC(COC(=O)CCCCC/C=C\CCCCCCCC)C(O)C(O)C1O)OC(=O)CCCCCCCCCCCCCCCCCC. The number of allylic oxidation sites excluding steroid dienone is 6. The summed E-state index contributed by atoms with van der Waals surface area (Å²) in [6.45, 7) is 5.51. The summed E-state index contributed by atoms with van der Waals surface area (Å²) in [5.41, 5.74) is 0. The highest BCUT2D eigenvalue weighted by Gasteiger charge is 2.60. The number of hydrogen-bond acceptors (Lipinski definition) is 24. The third-order valence-corrected chi connectivity index (χ3v) is 22.8. The van der Waals surface area contributed by atoms with Gasteiger partial charge in [0.15, 0.2) is 24.8 Å². The number of carbonyl (C=O) groups excluding carboxylic acids is 4.